The van der Waals surface area contributed by atoms with Gasteiger partial charge in [-0.1, -0.05) is 19.3 Å². The second-order valence-electron chi connectivity index (χ2n) is 4.34. The van der Waals surface area contributed by atoms with Crippen molar-refractivity contribution in [3.63, 3.8) is 0 Å². The van der Waals surface area contributed by atoms with Gasteiger partial charge >= 0.3 is 0 Å². The minimum Gasteiger partial charge on any atom is -0.440 e. The van der Waals surface area contributed by atoms with Crippen LogP contribution < -0.4 is 5.32 Å². The Morgan fingerprint density at radius 3 is 2.76 bits per heavy atom. The van der Waals surface area contributed by atoms with Crippen LogP contribution in [0.25, 0.3) is 0 Å². The van der Waals surface area contributed by atoms with E-state index in [9.17, 15) is 4.79 Å². The van der Waals surface area contributed by atoms with Gasteiger partial charge in [-0.2, -0.15) is 0 Å². The monoisotopic (exact) mass is 275 g/mol. The Morgan fingerprint density at radius 2 is 2.06 bits per heavy atom. The zero-order valence-electron chi connectivity index (χ0n) is 9.42. The fourth-order valence-corrected chi connectivity index (χ4v) is 2.59. The summed E-state index contributed by atoms with van der Waals surface area (Å²) in [4.78, 5) is 11.9. The summed E-state index contributed by atoms with van der Waals surface area (Å²) in [5.41, 5.74) is 0. The summed E-state index contributed by atoms with van der Waals surface area (Å²) in [6, 6.07) is 3.15. The molecule has 1 aliphatic carbocycles. The lowest BCUT2D eigenvalue weighted by molar-refractivity contribution is 0.0906. The van der Waals surface area contributed by atoms with E-state index >= 15 is 0 Å². The van der Waals surface area contributed by atoms with Crippen LogP contribution in [0, 0.1) is 0 Å². The smallest absolute Gasteiger partial charge is 0.287 e. The third-order valence-electron chi connectivity index (χ3n) is 3.05. The Morgan fingerprint density at radius 1 is 1.29 bits per heavy atom. The number of halogens is 2. The molecule has 2 unspecified atom stereocenters. The molecule has 1 aromatic rings. The van der Waals surface area contributed by atoms with Crippen LogP contribution in [0.1, 0.15) is 42.7 Å². The molecule has 2 rings (SSSR count). The highest BCUT2D eigenvalue weighted by molar-refractivity contribution is 6.29. The number of nitrogens with one attached hydrogen (secondary N) is 1. The lowest BCUT2D eigenvalue weighted by atomic mass is 10.1. The van der Waals surface area contributed by atoms with E-state index in [1.165, 1.54) is 6.42 Å². The van der Waals surface area contributed by atoms with Crippen molar-refractivity contribution in [3.8, 4) is 0 Å². The molecule has 2 atom stereocenters. The molecule has 1 fully saturated rings. The van der Waals surface area contributed by atoms with Crippen molar-refractivity contribution < 1.29 is 9.21 Å². The Kier molecular flexibility index (Phi) is 4.35. The lowest BCUT2D eigenvalue weighted by Gasteiger charge is -2.20. The summed E-state index contributed by atoms with van der Waals surface area (Å²) in [6.07, 6.45) is 5.29. The molecule has 5 heteroatoms. The Balaban J connectivity index is 1.97. The predicted molar refractivity (Wildman–Crippen MR) is 67.7 cm³/mol. The number of furan rings is 1. The van der Waals surface area contributed by atoms with Gasteiger partial charge in [0.1, 0.15) is 0 Å². The number of carbonyl (C=O) groups excluding carboxylic acids is 1. The largest absolute Gasteiger partial charge is 0.440 e. The van der Waals surface area contributed by atoms with Crippen LogP contribution in [0.3, 0.4) is 0 Å². The van der Waals surface area contributed by atoms with Crippen molar-refractivity contribution in [1.29, 1.82) is 0 Å². The molecule has 94 valence electrons. The van der Waals surface area contributed by atoms with Gasteiger partial charge in [-0.25, -0.2) is 0 Å². The van der Waals surface area contributed by atoms with Gasteiger partial charge in [0, 0.05) is 6.04 Å². The van der Waals surface area contributed by atoms with Crippen molar-refractivity contribution in [3.05, 3.63) is 23.1 Å². The van der Waals surface area contributed by atoms with Crippen LogP contribution in [0.5, 0.6) is 0 Å². The summed E-state index contributed by atoms with van der Waals surface area (Å²) < 4.78 is 5.06. The predicted octanol–water partition coefficient (Wildman–Crippen LogP) is 3.60. The fraction of sp³-hybridized carbons (Fsp3) is 0.583. The van der Waals surface area contributed by atoms with Crippen molar-refractivity contribution in [2.24, 2.45) is 0 Å². The van der Waals surface area contributed by atoms with Crippen molar-refractivity contribution in [1.82, 2.24) is 5.32 Å². The molecule has 17 heavy (non-hydrogen) atoms. The van der Waals surface area contributed by atoms with Gasteiger partial charge in [-0.05, 0) is 36.6 Å². The minimum absolute atomic E-state index is 0.00637. The van der Waals surface area contributed by atoms with Crippen LogP contribution in [-0.2, 0) is 0 Å². The number of hydrogen-bond acceptors (Lipinski definition) is 2. The maximum atomic E-state index is 11.9. The van der Waals surface area contributed by atoms with E-state index in [-0.39, 0.29) is 28.3 Å². The Bertz CT molecular complexity index is 392. The van der Waals surface area contributed by atoms with E-state index in [1.807, 2.05) is 0 Å². The van der Waals surface area contributed by atoms with Crippen LogP contribution in [0.2, 0.25) is 5.22 Å². The SMILES string of the molecule is O=C(NC1CCCCCC1Cl)c1ccc(Cl)o1. The number of carbonyl (C=O) groups is 1. The van der Waals surface area contributed by atoms with E-state index in [0.29, 0.717) is 0 Å². The molecule has 1 aliphatic rings. The van der Waals surface area contributed by atoms with Gasteiger partial charge in [0.25, 0.3) is 5.91 Å². The normalized spacial score (nSPS) is 25.3. The zero-order valence-corrected chi connectivity index (χ0v) is 10.9. The molecule has 0 aromatic carbocycles. The minimum atomic E-state index is -0.241. The average Bonchev–Trinajstić information content (AvgIpc) is 2.63. The average molecular weight is 276 g/mol. The molecular weight excluding hydrogens is 261 g/mol. The standard InChI is InChI=1S/C12H15Cl2NO2/c13-8-4-2-1-3-5-9(8)15-12(16)10-6-7-11(14)17-10/h6-9H,1-5H2,(H,15,16). The van der Waals surface area contributed by atoms with Crippen molar-refractivity contribution in [2.45, 2.75) is 43.5 Å². The van der Waals surface area contributed by atoms with Crippen LogP contribution in [-0.4, -0.2) is 17.3 Å². The third kappa shape index (κ3) is 3.39. The summed E-state index contributed by atoms with van der Waals surface area (Å²) in [7, 11) is 0. The molecule has 0 aliphatic heterocycles. The maximum Gasteiger partial charge on any atom is 0.287 e. The summed E-state index contributed by atoms with van der Waals surface area (Å²) in [6.45, 7) is 0. The first-order chi connectivity index (χ1) is 8.16. The van der Waals surface area contributed by atoms with E-state index in [2.05, 4.69) is 5.32 Å². The van der Waals surface area contributed by atoms with Gasteiger partial charge in [0.2, 0.25) is 0 Å². The second kappa shape index (κ2) is 5.78. The van der Waals surface area contributed by atoms with Crippen molar-refractivity contribution in [2.75, 3.05) is 0 Å². The molecule has 3 nitrogen and oxygen atoms in total. The second-order valence-corrected chi connectivity index (χ2v) is 5.27. The van der Waals surface area contributed by atoms with Gasteiger partial charge in [0.05, 0.1) is 5.38 Å². The van der Waals surface area contributed by atoms with Crippen LogP contribution in [0.4, 0.5) is 0 Å². The molecule has 1 N–H and O–H groups in total. The van der Waals surface area contributed by atoms with Crippen molar-refractivity contribution >= 4 is 29.1 Å². The third-order valence-corrected chi connectivity index (χ3v) is 3.77. The van der Waals surface area contributed by atoms with Gasteiger partial charge in [-0.15, -0.1) is 11.6 Å². The molecule has 1 aromatic heterocycles. The molecule has 0 saturated heterocycles. The molecule has 1 saturated carbocycles. The molecule has 0 spiro atoms. The molecule has 0 bridgehead atoms. The molecule has 1 heterocycles. The van der Waals surface area contributed by atoms with E-state index < -0.39 is 0 Å². The van der Waals surface area contributed by atoms with Gasteiger partial charge in [0.15, 0.2) is 11.0 Å². The zero-order chi connectivity index (χ0) is 12.3. The number of alkyl halides is 1. The summed E-state index contributed by atoms with van der Waals surface area (Å²) in [5.74, 6) is -0.00226. The Hall–Kier alpha value is -0.670. The van der Waals surface area contributed by atoms with Crippen LogP contribution >= 0.6 is 23.2 Å². The number of hydrogen-bond donors (Lipinski definition) is 1. The van der Waals surface area contributed by atoms with E-state index in [0.717, 1.165) is 25.7 Å². The first-order valence-corrected chi connectivity index (χ1v) is 6.68. The topological polar surface area (TPSA) is 42.2 Å². The quantitative estimate of drug-likeness (QED) is 0.662. The lowest BCUT2D eigenvalue weighted by Crippen LogP contribution is -2.40. The molecule has 1 amide bonds. The highest BCUT2D eigenvalue weighted by Crippen LogP contribution is 2.23. The fourth-order valence-electron chi connectivity index (χ4n) is 2.10. The number of amides is 1. The van der Waals surface area contributed by atoms with Crippen LogP contribution in [0.15, 0.2) is 16.5 Å². The van der Waals surface area contributed by atoms with E-state index in [1.54, 1.807) is 12.1 Å². The van der Waals surface area contributed by atoms with Gasteiger partial charge in [-0.3, -0.25) is 4.79 Å². The first-order valence-electron chi connectivity index (χ1n) is 5.87. The van der Waals surface area contributed by atoms with E-state index in [4.69, 9.17) is 27.6 Å². The Labute approximate surface area is 110 Å². The number of rotatable bonds is 2. The highest BCUT2D eigenvalue weighted by Gasteiger charge is 2.24. The summed E-state index contributed by atoms with van der Waals surface area (Å²) >= 11 is 11.9. The molecular formula is C12H15Cl2NO2. The highest BCUT2D eigenvalue weighted by atomic mass is 35.5. The molecule has 0 radical (unpaired) electrons. The first kappa shape index (κ1) is 12.8. The maximum absolute atomic E-state index is 11.9. The van der Waals surface area contributed by atoms with Gasteiger partial charge < -0.3 is 9.73 Å². The summed E-state index contributed by atoms with van der Waals surface area (Å²) in [5, 5.41) is 3.14.